The smallest absolute Gasteiger partial charge is 0.222 e. The highest BCUT2D eigenvalue weighted by Crippen LogP contribution is 2.35. The number of hydrogen-bond donors (Lipinski definition) is 1. The van der Waals surface area contributed by atoms with Gasteiger partial charge in [-0.25, -0.2) is 0 Å². The summed E-state index contributed by atoms with van der Waals surface area (Å²) in [6.07, 6.45) is 7.70. The van der Waals surface area contributed by atoms with Gasteiger partial charge in [-0.3, -0.25) is 4.79 Å². The van der Waals surface area contributed by atoms with Crippen molar-refractivity contribution in [3.8, 4) is 0 Å². The molecule has 0 aromatic carbocycles. The Balaban J connectivity index is 1.85. The minimum Gasteiger partial charge on any atom is -0.343 e. The Hall–Kier alpha value is -0.570. The Kier molecular flexibility index (Phi) is 5.11. The summed E-state index contributed by atoms with van der Waals surface area (Å²) in [5.74, 6) is 1.53. The Morgan fingerprint density at radius 3 is 2.45 bits per heavy atom. The molecule has 0 aromatic heterocycles. The molecule has 2 rings (SSSR count). The number of carbonyl (C=O) groups excluding carboxylic acids is 1. The molecule has 0 aromatic rings. The molecule has 0 bridgehead atoms. The van der Waals surface area contributed by atoms with Crippen molar-refractivity contribution in [3.05, 3.63) is 0 Å². The molecule has 0 spiro atoms. The maximum atomic E-state index is 12.5. The molecule has 1 amide bonds. The number of nitrogens with zero attached hydrogens (tertiary/aromatic N) is 1. The van der Waals surface area contributed by atoms with Gasteiger partial charge in [-0.1, -0.05) is 27.2 Å². The van der Waals surface area contributed by atoms with Gasteiger partial charge in [0.1, 0.15) is 0 Å². The Labute approximate surface area is 124 Å². The topological polar surface area (TPSA) is 46.3 Å². The van der Waals surface area contributed by atoms with Gasteiger partial charge < -0.3 is 10.6 Å². The first-order valence-corrected chi connectivity index (χ1v) is 8.41. The Bertz CT molecular complexity index is 334. The van der Waals surface area contributed by atoms with Crippen molar-refractivity contribution < 1.29 is 4.79 Å². The largest absolute Gasteiger partial charge is 0.343 e. The van der Waals surface area contributed by atoms with Gasteiger partial charge in [0.05, 0.1) is 0 Å². The van der Waals surface area contributed by atoms with Crippen molar-refractivity contribution in [1.29, 1.82) is 0 Å². The highest BCUT2D eigenvalue weighted by molar-refractivity contribution is 5.76. The van der Waals surface area contributed by atoms with E-state index in [1.165, 1.54) is 12.8 Å². The summed E-state index contributed by atoms with van der Waals surface area (Å²) >= 11 is 0. The Morgan fingerprint density at radius 2 is 1.85 bits per heavy atom. The van der Waals surface area contributed by atoms with E-state index in [2.05, 4.69) is 25.7 Å². The first kappa shape index (κ1) is 15.8. The van der Waals surface area contributed by atoms with Crippen LogP contribution in [0.4, 0.5) is 0 Å². The predicted octanol–water partition coefficient (Wildman–Crippen LogP) is 3.18. The van der Waals surface area contributed by atoms with Crippen LogP contribution in [0.5, 0.6) is 0 Å². The molecule has 0 radical (unpaired) electrons. The summed E-state index contributed by atoms with van der Waals surface area (Å²) in [7, 11) is 0. The zero-order chi connectivity index (χ0) is 14.8. The average Bonchev–Trinajstić information content (AvgIpc) is 2.65. The molecule has 1 saturated carbocycles. The van der Waals surface area contributed by atoms with Gasteiger partial charge in [0, 0.05) is 25.6 Å². The fourth-order valence-electron chi connectivity index (χ4n) is 3.88. The molecule has 3 atom stereocenters. The molecule has 20 heavy (non-hydrogen) atoms. The zero-order valence-corrected chi connectivity index (χ0v) is 13.5. The third-order valence-corrected chi connectivity index (χ3v) is 5.46. The number of hydrogen-bond acceptors (Lipinski definition) is 2. The highest BCUT2D eigenvalue weighted by atomic mass is 16.2. The average molecular weight is 280 g/mol. The van der Waals surface area contributed by atoms with Crippen molar-refractivity contribution >= 4 is 5.91 Å². The number of amides is 1. The van der Waals surface area contributed by atoms with E-state index >= 15 is 0 Å². The molecule has 2 aliphatic rings. The first-order valence-electron chi connectivity index (χ1n) is 8.41. The van der Waals surface area contributed by atoms with Crippen LogP contribution in [0.2, 0.25) is 0 Å². The van der Waals surface area contributed by atoms with Crippen LogP contribution in [0.15, 0.2) is 0 Å². The van der Waals surface area contributed by atoms with Crippen LogP contribution in [0.25, 0.3) is 0 Å². The van der Waals surface area contributed by atoms with Gasteiger partial charge in [-0.05, 0) is 49.4 Å². The van der Waals surface area contributed by atoms with Gasteiger partial charge in [-0.15, -0.1) is 0 Å². The van der Waals surface area contributed by atoms with E-state index in [1.54, 1.807) is 0 Å². The van der Waals surface area contributed by atoms with E-state index in [4.69, 9.17) is 5.73 Å². The molecule has 1 heterocycles. The summed E-state index contributed by atoms with van der Waals surface area (Å²) in [4.78, 5) is 14.6. The van der Waals surface area contributed by atoms with Crippen LogP contribution in [0.1, 0.15) is 65.7 Å². The summed E-state index contributed by atoms with van der Waals surface area (Å²) in [5, 5.41) is 0. The quantitative estimate of drug-likeness (QED) is 0.844. The van der Waals surface area contributed by atoms with E-state index in [-0.39, 0.29) is 6.04 Å². The van der Waals surface area contributed by atoms with Crippen LogP contribution in [-0.2, 0) is 4.79 Å². The summed E-state index contributed by atoms with van der Waals surface area (Å²) in [5.41, 5.74) is 6.46. The van der Waals surface area contributed by atoms with Crippen molar-refractivity contribution in [1.82, 2.24) is 4.90 Å². The van der Waals surface area contributed by atoms with Crippen LogP contribution in [-0.4, -0.2) is 29.9 Å². The minimum atomic E-state index is 0.258. The standard InChI is InChI=1S/C17H32N2O/c1-17(2,3)14-7-5-10-19(11-9-14)16(20)12-13-6-4-8-15(13)18/h13-15H,4-12,18H2,1-3H3/t13-,14?,15+/m0/s1. The monoisotopic (exact) mass is 280 g/mol. The van der Waals surface area contributed by atoms with Crippen LogP contribution >= 0.6 is 0 Å². The zero-order valence-electron chi connectivity index (χ0n) is 13.5. The minimum absolute atomic E-state index is 0.258. The number of likely N-dealkylation sites (tertiary alicyclic amines) is 1. The molecule has 2 fully saturated rings. The molecule has 116 valence electrons. The maximum Gasteiger partial charge on any atom is 0.222 e. The van der Waals surface area contributed by atoms with Crippen molar-refractivity contribution in [2.75, 3.05) is 13.1 Å². The number of nitrogens with two attached hydrogens (primary N) is 1. The SMILES string of the molecule is CC(C)(C)C1CCCN(C(=O)C[C@@H]2CCC[C@H]2N)CC1. The molecule has 1 saturated heterocycles. The number of carbonyl (C=O) groups is 1. The highest BCUT2D eigenvalue weighted by Gasteiger charge is 2.31. The van der Waals surface area contributed by atoms with Crippen molar-refractivity contribution in [2.45, 2.75) is 71.8 Å². The lowest BCUT2D eigenvalue weighted by molar-refractivity contribution is -0.132. The summed E-state index contributed by atoms with van der Waals surface area (Å²) in [6.45, 7) is 8.88. The van der Waals surface area contributed by atoms with E-state index in [9.17, 15) is 4.79 Å². The lowest BCUT2D eigenvalue weighted by Crippen LogP contribution is -2.36. The molecule has 1 aliphatic heterocycles. The van der Waals surface area contributed by atoms with Gasteiger partial charge >= 0.3 is 0 Å². The van der Waals surface area contributed by atoms with Crippen molar-refractivity contribution in [3.63, 3.8) is 0 Å². The molecule has 2 N–H and O–H groups in total. The van der Waals surface area contributed by atoms with Crippen LogP contribution in [0, 0.1) is 17.3 Å². The Morgan fingerprint density at radius 1 is 1.10 bits per heavy atom. The predicted molar refractivity (Wildman–Crippen MR) is 83.3 cm³/mol. The summed E-state index contributed by atoms with van der Waals surface area (Å²) < 4.78 is 0. The van der Waals surface area contributed by atoms with Gasteiger partial charge in [0.15, 0.2) is 0 Å². The van der Waals surface area contributed by atoms with E-state index in [1.807, 2.05) is 0 Å². The fraction of sp³-hybridized carbons (Fsp3) is 0.941. The lowest BCUT2D eigenvalue weighted by Gasteiger charge is -2.30. The second kappa shape index (κ2) is 6.46. The van der Waals surface area contributed by atoms with Crippen LogP contribution in [0.3, 0.4) is 0 Å². The second-order valence-electron chi connectivity index (χ2n) is 7.93. The molecule has 1 unspecified atom stereocenters. The molecular weight excluding hydrogens is 248 g/mol. The van der Waals surface area contributed by atoms with Crippen LogP contribution < -0.4 is 5.73 Å². The second-order valence-corrected chi connectivity index (χ2v) is 7.93. The van der Waals surface area contributed by atoms with Gasteiger partial charge in [-0.2, -0.15) is 0 Å². The third-order valence-electron chi connectivity index (χ3n) is 5.46. The maximum absolute atomic E-state index is 12.5. The molecular formula is C17H32N2O. The first-order chi connectivity index (χ1) is 9.38. The molecule has 3 heteroatoms. The van der Waals surface area contributed by atoms with Gasteiger partial charge in [0.2, 0.25) is 5.91 Å². The lowest BCUT2D eigenvalue weighted by atomic mass is 9.77. The normalized spacial score (nSPS) is 32.2. The van der Waals surface area contributed by atoms with E-state index in [0.717, 1.165) is 44.7 Å². The fourth-order valence-corrected chi connectivity index (χ4v) is 3.88. The van der Waals surface area contributed by atoms with Crippen molar-refractivity contribution in [2.24, 2.45) is 23.0 Å². The molecule has 1 aliphatic carbocycles. The number of rotatable bonds is 2. The summed E-state index contributed by atoms with van der Waals surface area (Å²) in [6, 6.07) is 0.258. The van der Waals surface area contributed by atoms with E-state index in [0.29, 0.717) is 23.7 Å². The van der Waals surface area contributed by atoms with Gasteiger partial charge in [0.25, 0.3) is 0 Å². The third kappa shape index (κ3) is 3.97. The van der Waals surface area contributed by atoms with E-state index < -0.39 is 0 Å². The molecule has 3 nitrogen and oxygen atoms in total.